The van der Waals surface area contributed by atoms with Crippen LogP contribution in [-0.4, -0.2) is 24.5 Å². The Bertz CT molecular complexity index is 530. The Kier molecular flexibility index (Phi) is 4.13. The molecule has 0 aliphatic heterocycles. The van der Waals surface area contributed by atoms with E-state index in [1.54, 1.807) is 6.33 Å². The fourth-order valence-electron chi connectivity index (χ4n) is 1.84. The molecule has 0 atom stereocenters. The normalized spacial score (nSPS) is 11.1. The van der Waals surface area contributed by atoms with E-state index < -0.39 is 0 Å². The van der Waals surface area contributed by atoms with Crippen LogP contribution in [0.15, 0.2) is 10.8 Å². The van der Waals surface area contributed by atoms with Crippen LogP contribution in [0.5, 0.6) is 0 Å². The third-order valence-corrected chi connectivity index (χ3v) is 3.91. The van der Waals surface area contributed by atoms with Crippen LogP contribution in [-0.2, 0) is 26.7 Å². The highest BCUT2D eigenvalue weighted by molar-refractivity contribution is 9.10. The summed E-state index contributed by atoms with van der Waals surface area (Å²) in [6, 6.07) is 0. The predicted octanol–water partition coefficient (Wildman–Crippen LogP) is 1.39. The number of rotatable bonds is 5. The van der Waals surface area contributed by atoms with Crippen molar-refractivity contribution in [3.8, 4) is 0 Å². The topological polar surface area (TPSA) is 60.6 Å². The predicted molar refractivity (Wildman–Crippen MR) is 71.9 cm³/mol. The molecule has 0 radical (unpaired) electrons. The average Bonchev–Trinajstić information content (AvgIpc) is 2.89. The molecule has 2 rings (SSSR count). The lowest BCUT2D eigenvalue weighted by atomic mass is 10.3. The summed E-state index contributed by atoms with van der Waals surface area (Å²) < 4.78 is 4.97. The summed E-state index contributed by atoms with van der Waals surface area (Å²) in [4.78, 5) is 0. The summed E-state index contributed by atoms with van der Waals surface area (Å²) in [7, 11) is 1.95. The van der Waals surface area contributed by atoms with Gasteiger partial charge in [0.2, 0.25) is 0 Å². The number of aryl methyl sites for hydroxylation is 3. The number of hydrogen-bond donors (Lipinski definition) is 1. The molecular weight excluding hydrogens is 296 g/mol. The van der Waals surface area contributed by atoms with E-state index in [0.29, 0.717) is 6.54 Å². The molecule has 6 nitrogen and oxygen atoms in total. The highest BCUT2D eigenvalue weighted by Crippen LogP contribution is 2.19. The molecule has 0 fully saturated rings. The van der Waals surface area contributed by atoms with Crippen molar-refractivity contribution in [2.75, 3.05) is 0 Å². The maximum atomic E-state index is 4.36. The van der Waals surface area contributed by atoms with E-state index in [-0.39, 0.29) is 0 Å². The molecule has 2 heterocycles. The summed E-state index contributed by atoms with van der Waals surface area (Å²) in [5.74, 6) is 0.951. The van der Waals surface area contributed by atoms with Gasteiger partial charge in [-0.15, -0.1) is 10.2 Å². The largest absolute Gasteiger partial charge is 0.317 e. The summed E-state index contributed by atoms with van der Waals surface area (Å²) in [6.07, 6.45) is 1.75. The van der Waals surface area contributed by atoms with E-state index in [0.717, 1.165) is 34.8 Å². The Morgan fingerprint density at radius 1 is 1.39 bits per heavy atom. The van der Waals surface area contributed by atoms with Gasteiger partial charge in [0.1, 0.15) is 12.2 Å². The summed E-state index contributed by atoms with van der Waals surface area (Å²) in [5, 5.41) is 15.7. The first-order valence-electron chi connectivity index (χ1n) is 5.88. The Morgan fingerprint density at radius 2 is 2.17 bits per heavy atom. The van der Waals surface area contributed by atoms with Gasteiger partial charge >= 0.3 is 0 Å². The lowest BCUT2D eigenvalue weighted by Gasteiger charge is -2.06. The molecule has 0 bridgehead atoms. The average molecular weight is 313 g/mol. The van der Waals surface area contributed by atoms with Crippen LogP contribution >= 0.6 is 15.9 Å². The van der Waals surface area contributed by atoms with Crippen LogP contribution in [0.1, 0.15) is 24.1 Å². The standard InChI is InChI=1S/C11H17BrN6/c1-4-18-7-14-15-10(18)6-13-5-9-11(12)8(2)16-17(9)3/h7,13H,4-6H2,1-3H3. The highest BCUT2D eigenvalue weighted by Gasteiger charge is 2.10. The third-order valence-electron chi connectivity index (χ3n) is 2.87. The highest BCUT2D eigenvalue weighted by atomic mass is 79.9. The Labute approximate surface area is 115 Å². The zero-order chi connectivity index (χ0) is 13.1. The van der Waals surface area contributed by atoms with Gasteiger partial charge in [0.05, 0.1) is 22.4 Å². The summed E-state index contributed by atoms with van der Waals surface area (Å²) in [5.41, 5.74) is 2.14. The maximum Gasteiger partial charge on any atom is 0.146 e. The zero-order valence-corrected chi connectivity index (χ0v) is 12.4. The van der Waals surface area contributed by atoms with E-state index in [4.69, 9.17) is 0 Å². The monoisotopic (exact) mass is 312 g/mol. The molecular formula is C11H17BrN6. The SMILES string of the molecule is CCn1cnnc1CNCc1c(Br)c(C)nn1C. The molecule has 2 aromatic rings. The second-order valence-corrected chi connectivity index (χ2v) is 4.90. The minimum Gasteiger partial charge on any atom is -0.317 e. The van der Waals surface area contributed by atoms with E-state index in [2.05, 4.69) is 43.5 Å². The van der Waals surface area contributed by atoms with Crippen LogP contribution < -0.4 is 5.32 Å². The first-order valence-corrected chi connectivity index (χ1v) is 6.68. The number of nitrogens with zero attached hydrogens (tertiary/aromatic N) is 5. The van der Waals surface area contributed by atoms with Gasteiger partial charge in [0, 0.05) is 20.1 Å². The van der Waals surface area contributed by atoms with Gasteiger partial charge in [-0.25, -0.2) is 0 Å². The molecule has 0 spiro atoms. The number of halogens is 1. The van der Waals surface area contributed by atoms with Gasteiger partial charge in [0.25, 0.3) is 0 Å². The molecule has 18 heavy (non-hydrogen) atoms. The van der Waals surface area contributed by atoms with Crippen molar-refractivity contribution >= 4 is 15.9 Å². The molecule has 0 aliphatic carbocycles. The van der Waals surface area contributed by atoms with Crippen LogP contribution in [0, 0.1) is 6.92 Å². The van der Waals surface area contributed by atoms with E-state index in [1.165, 1.54) is 0 Å². The summed E-state index contributed by atoms with van der Waals surface area (Å²) >= 11 is 3.55. The van der Waals surface area contributed by atoms with E-state index >= 15 is 0 Å². The quantitative estimate of drug-likeness (QED) is 0.906. The van der Waals surface area contributed by atoms with Crippen molar-refractivity contribution < 1.29 is 0 Å². The fraction of sp³-hybridized carbons (Fsp3) is 0.545. The van der Waals surface area contributed by atoms with Gasteiger partial charge in [0.15, 0.2) is 0 Å². The molecule has 98 valence electrons. The van der Waals surface area contributed by atoms with Crippen LogP contribution in [0.4, 0.5) is 0 Å². The smallest absolute Gasteiger partial charge is 0.146 e. The first kappa shape index (κ1) is 13.2. The van der Waals surface area contributed by atoms with Crippen molar-refractivity contribution in [1.82, 2.24) is 29.9 Å². The van der Waals surface area contributed by atoms with Gasteiger partial charge in [-0.2, -0.15) is 5.10 Å². The number of hydrogen-bond acceptors (Lipinski definition) is 4. The van der Waals surface area contributed by atoms with Crippen molar-refractivity contribution in [2.24, 2.45) is 7.05 Å². The molecule has 0 saturated heterocycles. The maximum absolute atomic E-state index is 4.36. The van der Waals surface area contributed by atoms with Crippen LogP contribution in [0.2, 0.25) is 0 Å². The third kappa shape index (κ3) is 2.62. The van der Waals surface area contributed by atoms with Crippen molar-refractivity contribution in [2.45, 2.75) is 33.5 Å². The lowest BCUT2D eigenvalue weighted by Crippen LogP contribution is -2.18. The zero-order valence-electron chi connectivity index (χ0n) is 10.8. The van der Waals surface area contributed by atoms with Crippen LogP contribution in [0.25, 0.3) is 0 Å². The second-order valence-electron chi connectivity index (χ2n) is 4.11. The van der Waals surface area contributed by atoms with Crippen molar-refractivity contribution in [3.05, 3.63) is 28.0 Å². The lowest BCUT2D eigenvalue weighted by molar-refractivity contribution is 0.584. The number of aromatic nitrogens is 5. The number of nitrogens with one attached hydrogen (secondary N) is 1. The molecule has 0 aliphatic rings. The minimum absolute atomic E-state index is 0.699. The van der Waals surface area contributed by atoms with Gasteiger partial charge in [-0.3, -0.25) is 4.68 Å². The second kappa shape index (κ2) is 5.62. The Morgan fingerprint density at radius 3 is 2.78 bits per heavy atom. The van der Waals surface area contributed by atoms with E-state index in [9.17, 15) is 0 Å². The Hall–Kier alpha value is -1.21. The van der Waals surface area contributed by atoms with E-state index in [1.807, 2.05) is 23.2 Å². The van der Waals surface area contributed by atoms with Crippen molar-refractivity contribution in [1.29, 1.82) is 0 Å². The molecule has 2 aromatic heterocycles. The molecule has 0 aromatic carbocycles. The minimum atomic E-state index is 0.699. The van der Waals surface area contributed by atoms with Crippen LogP contribution in [0.3, 0.4) is 0 Å². The van der Waals surface area contributed by atoms with Gasteiger partial charge < -0.3 is 9.88 Å². The molecule has 0 saturated carbocycles. The summed E-state index contributed by atoms with van der Waals surface area (Å²) in [6.45, 7) is 6.40. The first-order chi connectivity index (χ1) is 8.63. The molecule has 1 N–H and O–H groups in total. The Balaban J connectivity index is 1.96. The molecule has 0 unspecified atom stereocenters. The fourth-order valence-corrected chi connectivity index (χ4v) is 2.32. The van der Waals surface area contributed by atoms with Gasteiger partial charge in [-0.1, -0.05) is 0 Å². The molecule has 7 heteroatoms. The van der Waals surface area contributed by atoms with Crippen molar-refractivity contribution in [3.63, 3.8) is 0 Å². The molecule has 0 amide bonds. The van der Waals surface area contributed by atoms with Gasteiger partial charge in [-0.05, 0) is 29.8 Å².